The Hall–Kier alpha value is -2.54. The molecule has 0 bridgehead atoms. The van der Waals surface area contributed by atoms with Gasteiger partial charge in [-0.1, -0.05) is 0 Å². The number of ether oxygens (including phenoxy) is 2. The summed E-state index contributed by atoms with van der Waals surface area (Å²) in [5.74, 6) is 1.59. The van der Waals surface area contributed by atoms with Gasteiger partial charge < -0.3 is 24.5 Å². The second-order valence-corrected chi connectivity index (χ2v) is 5.89. The SMILES string of the molecule is O=C(NC1CCNCC1)c1ncoc1-c1ccc2c(c1)OCCO2. The van der Waals surface area contributed by atoms with Crippen LogP contribution in [0.4, 0.5) is 0 Å². The van der Waals surface area contributed by atoms with Gasteiger partial charge in [0.1, 0.15) is 13.2 Å². The van der Waals surface area contributed by atoms with Gasteiger partial charge in [0.25, 0.3) is 5.91 Å². The zero-order chi connectivity index (χ0) is 16.4. The lowest BCUT2D eigenvalue weighted by atomic mass is 10.1. The highest BCUT2D eigenvalue weighted by molar-refractivity contribution is 5.97. The summed E-state index contributed by atoms with van der Waals surface area (Å²) in [5.41, 5.74) is 1.04. The third kappa shape index (κ3) is 2.94. The highest BCUT2D eigenvalue weighted by Gasteiger charge is 2.23. The van der Waals surface area contributed by atoms with E-state index in [1.807, 2.05) is 18.2 Å². The molecule has 0 spiro atoms. The average molecular weight is 329 g/mol. The minimum absolute atomic E-state index is 0.170. The van der Waals surface area contributed by atoms with Crippen molar-refractivity contribution in [1.29, 1.82) is 0 Å². The van der Waals surface area contributed by atoms with Crippen LogP contribution in [0.25, 0.3) is 11.3 Å². The zero-order valence-corrected chi connectivity index (χ0v) is 13.2. The van der Waals surface area contributed by atoms with Crippen LogP contribution >= 0.6 is 0 Å². The second kappa shape index (κ2) is 6.52. The standard InChI is InChI=1S/C17H19N3O4/c21-17(20-12-3-5-18-6-4-12)15-16(24-10-19-15)11-1-2-13-14(9-11)23-8-7-22-13/h1-2,9-10,12,18H,3-8H2,(H,20,21). The second-order valence-electron chi connectivity index (χ2n) is 5.89. The molecule has 0 aliphatic carbocycles. The molecule has 2 aliphatic heterocycles. The number of carbonyl (C=O) groups is 1. The predicted molar refractivity (Wildman–Crippen MR) is 86.3 cm³/mol. The van der Waals surface area contributed by atoms with Crippen molar-refractivity contribution in [3.63, 3.8) is 0 Å². The first kappa shape index (κ1) is 15.0. The number of oxazole rings is 1. The summed E-state index contributed by atoms with van der Waals surface area (Å²) in [5, 5.41) is 6.31. The maximum atomic E-state index is 12.5. The minimum atomic E-state index is -0.208. The molecule has 2 N–H and O–H groups in total. The maximum absolute atomic E-state index is 12.5. The molecule has 2 aliphatic rings. The molecular weight excluding hydrogens is 310 g/mol. The van der Waals surface area contributed by atoms with Gasteiger partial charge in [-0.2, -0.15) is 0 Å². The molecule has 7 nitrogen and oxygen atoms in total. The lowest BCUT2D eigenvalue weighted by Gasteiger charge is -2.23. The highest BCUT2D eigenvalue weighted by atomic mass is 16.6. The summed E-state index contributed by atoms with van der Waals surface area (Å²) in [6.07, 6.45) is 3.13. The van der Waals surface area contributed by atoms with Crippen molar-refractivity contribution in [3.8, 4) is 22.8 Å². The number of rotatable bonds is 3. The number of hydrogen-bond donors (Lipinski definition) is 2. The molecule has 4 rings (SSSR count). The molecule has 0 radical (unpaired) electrons. The Kier molecular flexibility index (Phi) is 4.08. The molecule has 0 unspecified atom stereocenters. The molecular formula is C17H19N3O4. The zero-order valence-electron chi connectivity index (χ0n) is 13.2. The van der Waals surface area contributed by atoms with E-state index in [0.29, 0.717) is 36.2 Å². The lowest BCUT2D eigenvalue weighted by Crippen LogP contribution is -2.42. The maximum Gasteiger partial charge on any atom is 0.274 e. The summed E-state index contributed by atoms with van der Waals surface area (Å²) in [6.45, 7) is 2.88. The molecule has 1 saturated heterocycles. The first-order valence-electron chi connectivity index (χ1n) is 8.16. The summed E-state index contributed by atoms with van der Waals surface area (Å²) in [7, 11) is 0. The molecule has 1 fully saturated rings. The average Bonchev–Trinajstić information content (AvgIpc) is 3.12. The van der Waals surface area contributed by atoms with Crippen LogP contribution in [0.5, 0.6) is 11.5 Å². The summed E-state index contributed by atoms with van der Waals surface area (Å²) >= 11 is 0. The molecule has 7 heteroatoms. The van der Waals surface area contributed by atoms with Crippen LogP contribution in [0.1, 0.15) is 23.3 Å². The molecule has 126 valence electrons. The fraction of sp³-hybridized carbons (Fsp3) is 0.412. The molecule has 1 amide bonds. The first-order chi connectivity index (χ1) is 11.8. The van der Waals surface area contributed by atoms with Crippen LogP contribution in [-0.4, -0.2) is 43.2 Å². The van der Waals surface area contributed by atoms with Crippen LogP contribution in [0, 0.1) is 0 Å². The van der Waals surface area contributed by atoms with E-state index in [-0.39, 0.29) is 11.9 Å². The monoisotopic (exact) mass is 329 g/mol. The molecule has 24 heavy (non-hydrogen) atoms. The Bertz CT molecular complexity index is 737. The van der Waals surface area contributed by atoms with Gasteiger partial charge in [0, 0.05) is 11.6 Å². The number of hydrogen-bond acceptors (Lipinski definition) is 6. The third-order valence-electron chi connectivity index (χ3n) is 4.26. The van der Waals surface area contributed by atoms with Crippen molar-refractivity contribution in [1.82, 2.24) is 15.6 Å². The van der Waals surface area contributed by atoms with Crippen molar-refractivity contribution < 1.29 is 18.7 Å². The van der Waals surface area contributed by atoms with Crippen molar-refractivity contribution in [2.45, 2.75) is 18.9 Å². The van der Waals surface area contributed by atoms with Gasteiger partial charge in [0.15, 0.2) is 29.3 Å². The Morgan fingerprint density at radius 2 is 1.96 bits per heavy atom. The molecule has 3 heterocycles. The van der Waals surface area contributed by atoms with Crippen molar-refractivity contribution in [2.75, 3.05) is 26.3 Å². The van der Waals surface area contributed by atoms with E-state index in [9.17, 15) is 4.79 Å². The predicted octanol–water partition coefficient (Wildman–Crippen LogP) is 1.59. The number of amides is 1. The number of nitrogens with zero attached hydrogens (tertiary/aromatic N) is 1. The quantitative estimate of drug-likeness (QED) is 0.889. The Morgan fingerprint density at radius 1 is 1.17 bits per heavy atom. The Morgan fingerprint density at radius 3 is 2.79 bits per heavy atom. The van der Waals surface area contributed by atoms with E-state index in [2.05, 4.69) is 15.6 Å². The normalized spacial score (nSPS) is 17.5. The smallest absolute Gasteiger partial charge is 0.274 e. The van der Waals surface area contributed by atoms with E-state index >= 15 is 0 Å². The molecule has 1 aromatic heterocycles. The van der Waals surface area contributed by atoms with Crippen molar-refractivity contribution in [3.05, 3.63) is 30.3 Å². The molecule has 2 aromatic rings. The number of fused-ring (bicyclic) bond motifs is 1. The number of aromatic nitrogens is 1. The fourth-order valence-corrected chi connectivity index (χ4v) is 3.02. The lowest BCUT2D eigenvalue weighted by molar-refractivity contribution is 0.0925. The topological polar surface area (TPSA) is 85.6 Å². The fourth-order valence-electron chi connectivity index (χ4n) is 3.02. The number of benzene rings is 1. The summed E-state index contributed by atoms with van der Waals surface area (Å²) in [6, 6.07) is 5.65. The Labute approximate surface area is 139 Å². The van der Waals surface area contributed by atoms with Crippen LogP contribution < -0.4 is 20.1 Å². The van der Waals surface area contributed by atoms with Crippen LogP contribution in [0.3, 0.4) is 0 Å². The van der Waals surface area contributed by atoms with E-state index in [4.69, 9.17) is 13.9 Å². The van der Waals surface area contributed by atoms with Gasteiger partial charge in [0.2, 0.25) is 0 Å². The highest BCUT2D eigenvalue weighted by Crippen LogP contribution is 2.35. The van der Waals surface area contributed by atoms with Crippen molar-refractivity contribution >= 4 is 5.91 Å². The van der Waals surface area contributed by atoms with E-state index in [0.717, 1.165) is 31.5 Å². The van der Waals surface area contributed by atoms with Gasteiger partial charge in [0.05, 0.1) is 0 Å². The summed E-state index contributed by atoms with van der Waals surface area (Å²) < 4.78 is 16.6. The van der Waals surface area contributed by atoms with Gasteiger partial charge in [-0.05, 0) is 44.1 Å². The molecule has 0 saturated carbocycles. The number of nitrogens with one attached hydrogen (secondary N) is 2. The minimum Gasteiger partial charge on any atom is -0.486 e. The van der Waals surface area contributed by atoms with E-state index < -0.39 is 0 Å². The van der Waals surface area contributed by atoms with Crippen LogP contribution in [-0.2, 0) is 0 Å². The van der Waals surface area contributed by atoms with Crippen LogP contribution in [0.2, 0.25) is 0 Å². The van der Waals surface area contributed by atoms with Crippen LogP contribution in [0.15, 0.2) is 29.0 Å². The number of piperidine rings is 1. The van der Waals surface area contributed by atoms with Gasteiger partial charge in [-0.3, -0.25) is 4.79 Å². The van der Waals surface area contributed by atoms with Crippen molar-refractivity contribution in [2.24, 2.45) is 0 Å². The number of carbonyl (C=O) groups excluding carboxylic acids is 1. The largest absolute Gasteiger partial charge is 0.486 e. The van der Waals surface area contributed by atoms with Gasteiger partial charge in [-0.15, -0.1) is 0 Å². The first-order valence-corrected chi connectivity index (χ1v) is 8.16. The van der Waals surface area contributed by atoms with E-state index in [1.165, 1.54) is 6.39 Å². The summed E-state index contributed by atoms with van der Waals surface area (Å²) in [4.78, 5) is 16.7. The molecule has 1 aromatic carbocycles. The molecule has 0 atom stereocenters. The Balaban J connectivity index is 1.56. The van der Waals surface area contributed by atoms with Gasteiger partial charge >= 0.3 is 0 Å². The third-order valence-corrected chi connectivity index (χ3v) is 4.26. The van der Waals surface area contributed by atoms with Gasteiger partial charge in [-0.25, -0.2) is 4.98 Å². The van der Waals surface area contributed by atoms with E-state index in [1.54, 1.807) is 0 Å².